The van der Waals surface area contributed by atoms with Gasteiger partial charge in [-0.15, -0.1) is 23.1 Å². The summed E-state index contributed by atoms with van der Waals surface area (Å²) in [6.07, 6.45) is 1.01. The second-order valence-corrected chi connectivity index (χ2v) is 6.48. The average Bonchev–Trinajstić information content (AvgIpc) is 2.92. The summed E-state index contributed by atoms with van der Waals surface area (Å²) >= 11 is 9.19. The molecule has 0 radical (unpaired) electrons. The zero-order valence-corrected chi connectivity index (χ0v) is 13.4. The molecule has 0 N–H and O–H groups in total. The van der Waals surface area contributed by atoms with E-state index in [2.05, 4.69) is 9.72 Å². The van der Waals surface area contributed by atoms with Gasteiger partial charge in [0.2, 0.25) is 0 Å². The summed E-state index contributed by atoms with van der Waals surface area (Å²) in [4.78, 5) is 16.7. The monoisotopic (exact) mass is 327 g/mol. The number of halogens is 1. The third-order valence-electron chi connectivity index (χ3n) is 2.59. The minimum Gasteiger partial charge on any atom is -0.469 e. The number of thioether (sulfide) groups is 1. The van der Waals surface area contributed by atoms with E-state index in [-0.39, 0.29) is 5.97 Å². The standard InChI is InChI=1S/C14H14ClNO2S2/c1-18-14(17)7-4-11-8-20-13(16-11)9-19-12-5-2-10(15)3-6-12/h2-3,5-6,8H,4,7,9H2,1H3. The van der Waals surface area contributed by atoms with E-state index in [1.54, 1.807) is 23.1 Å². The lowest BCUT2D eigenvalue weighted by Crippen LogP contribution is -2.02. The first-order valence-corrected chi connectivity index (χ1v) is 8.30. The Kier molecular flexibility index (Phi) is 5.88. The van der Waals surface area contributed by atoms with Gasteiger partial charge in [-0.1, -0.05) is 11.6 Å². The molecule has 0 bridgehead atoms. The first kappa shape index (κ1) is 15.4. The second-order valence-electron chi connectivity index (χ2n) is 4.05. The van der Waals surface area contributed by atoms with Crippen molar-refractivity contribution in [3.05, 3.63) is 45.4 Å². The van der Waals surface area contributed by atoms with Gasteiger partial charge in [-0.2, -0.15) is 0 Å². The Morgan fingerprint density at radius 1 is 1.40 bits per heavy atom. The Morgan fingerprint density at radius 3 is 2.85 bits per heavy atom. The fourth-order valence-electron chi connectivity index (χ4n) is 1.54. The Bertz CT molecular complexity index is 569. The Hall–Kier alpha value is -1.04. The number of thiazole rings is 1. The van der Waals surface area contributed by atoms with Crippen LogP contribution in [0.4, 0.5) is 0 Å². The summed E-state index contributed by atoms with van der Waals surface area (Å²) in [5.74, 6) is 0.625. The summed E-state index contributed by atoms with van der Waals surface area (Å²) in [7, 11) is 1.40. The first-order chi connectivity index (χ1) is 9.67. The molecule has 1 aromatic heterocycles. The lowest BCUT2D eigenvalue weighted by atomic mass is 10.2. The summed E-state index contributed by atoms with van der Waals surface area (Å²) in [6.45, 7) is 0. The molecule has 0 fully saturated rings. The van der Waals surface area contributed by atoms with Gasteiger partial charge in [0.05, 0.1) is 25.0 Å². The average molecular weight is 328 g/mol. The van der Waals surface area contributed by atoms with Gasteiger partial charge in [-0.3, -0.25) is 4.79 Å². The summed E-state index contributed by atoms with van der Waals surface area (Å²) in [6, 6.07) is 7.76. The van der Waals surface area contributed by atoms with Gasteiger partial charge in [-0.05, 0) is 24.3 Å². The van der Waals surface area contributed by atoms with Crippen molar-refractivity contribution in [2.45, 2.75) is 23.5 Å². The van der Waals surface area contributed by atoms with Gasteiger partial charge in [0.25, 0.3) is 0 Å². The smallest absolute Gasteiger partial charge is 0.305 e. The van der Waals surface area contributed by atoms with Crippen LogP contribution in [0.5, 0.6) is 0 Å². The quantitative estimate of drug-likeness (QED) is 0.589. The van der Waals surface area contributed by atoms with Crippen molar-refractivity contribution in [3.8, 4) is 0 Å². The molecule has 0 aliphatic rings. The van der Waals surface area contributed by atoms with Crippen molar-refractivity contribution in [2.24, 2.45) is 0 Å². The van der Waals surface area contributed by atoms with Crippen LogP contribution in [0.3, 0.4) is 0 Å². The lowest BCUT2D eigenvalue weighted by Gasteiger charge is -1.99. The maximum atomic E-state index is 11.1. The number of esters is 1. The van der Waals surface area contributed by atoms with Crippen molar-refractivity contribution >= 4 is 40.7 Å². The molecule has 0 spiro atoms. The van der Waals surface area contributed by atoms with Crippen molar-refractivity contribution < 1.29 is 9.53 Å². The molecule has 0 atom stereocenters. The number of aromatic nitrogens is 1. The highest BCUT2D eigenvalue weighted by Gasteiger charge is 2.06. The number of benzene rings is 1. The predicted octanol–water partition coefficient (Wildman–Crippen LogP) is 4.19. The lowest BCUT2D eigenvalue weighted by molar-refractivity contribution is -0.140. The molecule has 6 heteroatoms. The van der Waals surface area contributed by atoms with Crippen LogP contribution in [0.15, 0.2) is 34.5 Å². The molecule has 0 saturated carbocycles. The SMILES string of the molecule is COC(=O)CCc1csc(CSc2ccc(Cl)cc2)n1. The second kappa shape index (κ2) is 7.67. The number of nitrogens with zero attached hydrogens (tertiary/aromatic N) is 1. The van der Waals surface area contributed by atoms with Crippen molar-refractivity contribution in [1.29, 1.82) is 0 Å². The zero-order valence-electron chi connectivity index (χ0n) is 11.0. The van der Waals surface area contributed by atoms with Crippen LogP contribution in [-0.4, -0.2) is 18.1 Å². The Labute approximate surface area is 131 Å². The van der Waals surface area contributed by atoms with E-state index in [1.165, 1.54) is 12.0 Å². The van der Waals surface area contributed by atoms with Crippen molar-refractivity contribution in [3.63, 3.8) is 0 Å². The zero-order chi connectivity index (χ0) is 14.4. The van der Waals surface area contributed by atoms with Crippen molar-refractivity contribution in [2.75, 3.05) is 7.11 Å². The van der Waals surface area contributed by atoms with E-state index < -0.39 is 0 Å². The van der Waals surface area contributed by atoms with Crippen molar-refractivity contribution in [1.82, 2.24) is 4.98 Å². The predicted molar refractivity (Wildman–Crippen MR) is 83.5 cm³/mol. The summed E-state index contributed by atoms with van der Waals surface area (Å²) in [5, 5.41) is 3.80. The number of carbonyl (C=O) groups is 1. The minimum absolute atomic E-state index is 0.199. The third kappa shape index (κ3) is 4.81. The highest BCUT2D eigenvalue weighted by atomic mass is 35.5. The normalized spacial score (nSPS) is 10.5. The van der Waals surface area contributed by atoms with E-state index in [4.69, 9.17) is 11.6 Å². The number of hydrogen-bond donors (Lipinski definition) is 0. The molecule has 0 unspecified atom stereocenters. The third-order valence-corrected chi connectivity index (χ3v) is 4.94. The number of carbonyl (C=O) groups excluding carboxylic acids is 1. The van der Waals surface area contributed by atoms with Gasteiger partial charge in [-0.25, -0.2) is 4.98 Å². The molecule has 0 amide bonds. The molecule has 2 rings (SSSR count). The maximum absolute atomic E-state index is 11.1. The van der Waals surface area contributed by atoms with Crippen LogP contribution >= 0.6 is 34.7 Å². The van der Waals surface area contributed by atoms with E-state index in [0.29, 0.717) is 12.8 Å². The number of rotatable bonds is 6. The maximum Gasteiger partial charge on any atom is 0.305 e. The first-order valence-electron chi connectivity index (χ1n) is 6.06. The molecule has 0 aliphatic carbocycles. The van der Waals surface area contributed by atoms with Crippen LogP contribution in [-0.2, 0) is 21.7 Å². The van der Waals surface area contributed by atoms with Gasteiger partial charge in [0.15, 0.2) is 0 Å². The molecule has 20 heavy (non-hydrogen) atoms. The largest absolute Gasteiger partial charge is 0.469 e. The molecule has 1 aromatic carbocycles. The molecule has 1 heterocycles. The van der Waals surface area contributed by atoms with Gasteiger partial charge in [0.1, 0.15) is 5.01 Å². The highest BCUT2D eigenvalue weighted by Crippen LogP contribution is 2.25. The molecule has 0 aliphatic heterocycles. The van der Waals surface area contributed by atoms with Gasteiger partial charge in [0, 0.05) is 21.7 Å². The van der Waals surface area contributed by atoms with E-state index >= 15 is 0 Å². The van der Waals surface area contributed by atoms with E-state index in [1.807, 2.05) is 29.6 Å². The number of ether oxygens (including phenoxy) is 1. The van der Waals surface area contributed by atoms with Crippen LogP contribution in [0.25, 0.3) is 0 Å². The minimum atomic E-state index is -0.199. The van der Waals surface area contributed by atoms with Crippen LogP contribution < -0.4 is 0 Å². The fourth-order valence-corrected chi connectivity index (χ4v) is 3.41. The highest BCUT2D eigenvalue weighted by molar-refractivity contribution is 7.98. The summed E-state index contributed by atoms with van der Waals surface area (Å²) in [5.41, 5.74) is 0.951. The molecule has 106 valence electrons. The Morgan fingerprint density at radius 2 is 2.15 bits per heavy atom. The molecular formula is C14H14ClNO2S2. The molecule has 3 nitrogen and oxygen atoms in total. The van der Waals surface area contributed by atoms with Crippen LogP contribution in [0.2, 0.25) is 5.02 Å². The van der Waals surface area contributed by atoms with Crippen LogP contribution in [0, 0.1) is 0 Å². The van der Waals surface area contributed by atoms with Gasteiger partial charge < -0.3 is 4.74 Å². The van der Waals surface area contributed by atoms with Crippen LogP contribution in [0.1, 0.15) is 17.1 Å². The van der Waals surface area contributed by atoms with E-state index in [0.717, 1.165) is 21.5 Å². The fraction of sp³-hybridized carbons (Fsp3) is 0.286. The van der Waals surface area contributed by atoms with E-state index in [9.17, 15) is 4.79 Å². The Balaban J connectivity index is 1.83. The molecular weight excluding hydrogens is 314 g/mol. The number of aryl methyl sites for hydroxylation is 1. The number of hydrogen-bond acceptors (Lipinski definition) is 5. The number of methoxy groups -OCH3 is 1. The summed E-state index contributed by atoms with van der Waals surface area (Å²) < 4.78 is 4.62. The molecule has 2 aromatic rings. The van der Waals surface area contributed by atoms with Gasteiger partial charge >= 0.3 is 5.97 Å². The molecule has 0 saturated heterocycles. The topological polar surface area (TPSA) is 39.2 Å².